The summed E-state index contributed by atoms with van der Waals surface area (Å²) in [5.74, 6) is 1.22. The first kappa shape index (κ1) is 19.2. The van der Waals surface area contributed by atoms with Crippen molar-refractivity contribution in [2.45, 2.75) is 0 Å². The van der Waals surface area contributed by atoms with Crippen LogP contribution in [0.25, 0.3) is 23.1 Å². The summed E-state index contributed by atoms with van der Waals surface area (Å²) < 4.78 is 5.98. The predicted octanol–water partition coefficient (Wildman–Crippen LogP) is 7.07. The van der Waals surface area contributed by atoms with E-state index in [1.54, 1.807) is 11.0 Å². The number of nitrogens with zero attached hydrogens (tertiary/aromatic N) is 1. The molecule has 3 nitrogen and oxygen atoms in total. The second-order valence-corrected chi connectivity index (χ2v) is 7.62. The molecule has 5 rings (SSSR count). The van der Waals surface area contributed by atoms with Gasteiger partial charge >= 0.3 is 0 Å². The Kier molecular flexibility index (Phi) is 5.03. The third-order valence-electron chi connectivity index (χ3n) is 5.10. The van der Waals surface area contributed by atoms with Crippen molar-refractivity contribution < 1.29 is 9.21 Å². The van der Waals surface area contributed by atoms with Crippen molar-refractivity contribution in [2.24, 2.45) is 0 Å². The van der Waals surface area contributed by atoms with E-state index in [4.69, 9.17) is 16.0 Å². The monoisotopic (exact) mass is 423 g/mol. The molecular weight excluding hydrogens is 406 g/mol. The van der Waals surface area contributed by atoms with Gasteiger partial charge in [0.05, 0.1) is 5.70 Å². The molecule has 0 aliphatic carbocycles. The van der Waals surface area contributed by atoms with E-state index in [1.165, 1.54) is 0 Å². The Morgan fingerprint density at radius 3 is 2.23 bits per heavy atom. The van der Waals surface area contributed by atoms with Crippen molar-refractivity contribution in [3.8, 4) is 11.3 Å². The Morgan fingerprint density at radius 2 is 1.48 bits per heavy atom. The smallest absolute Gasteiger partial charge is 0.263 e. The van der Waals surface area contributed by atoms with Crippen LogP contribution >= 0.6 is 11.6 Å². The van der Waals surface area contributed by atoms with Gasteiger partial charge in [0.2, 0.25) is 0 Å². The van der Waals surface area contributed by atoms with Crippen LogP contribution in [0.1, 0.15) is 11.3 Å². The Balaban J connectivity index is 1.54. The van der Waals surface area contributed by atoms with E-state index in [-0.39, 0.29) is 5.91 Å². The van der Waals surface area contributed by atoms with E-state index < -0.39 is 0 Å². The van der Waals surface area contributed by atoms with Crippen molar-refractivity contribution in [2.75, 3.05) is 4.90 Å². The number of furan rings is 1. The van der Waals surface area contributed by atoms with Gasteiger partial charge in [0, 0.05) is 21.8 Å². The molecule has 0 fully saturated rings. The summed E-state index contributed by atoms with van der Waals surface area (Å²) in [6.45, 7) is 0. The van der Waals surface area contributed by atoms with Gasteiger partial charge in [-0.2, -0.15) is 0 Å². The van der Waals surface area contributed by atoms with Crippen LogP contribution in [0.2, 0.25) is 5.02 Å². The van der Waals surface area contributed by atoms with Gasteiger partial charge in [-0.3, -0.25) is 9.69 Å². The van der Waals surface area contributed by atoms with Gasteiger partial charge in [-0.25, -0.2) is 0 Å². The molecule has 0 bridgehead atoms. The summed E-state index contributed by atoms with van der Waals surface area (Å²) in [7, 11) is 0. The minimum absolute atomic E-state index is 0.0919. The maximum atomic E-state index is 13.4. The van der Waals surface area contributed by atoms with Crippen molar-refractivity contribution in [3.63, 3.8) is 0 Å². The average Bonchev–Trinajstić information content (AvgIpc) is 3.40. The second kappa shape index (κ2) is 8.13. The Labute approximate surface area is 185 Å². The quantitative estimate of drug-likeness (QED) is 0.329. The summed E-state index contributed by atoms with van der Waals surface area (Å²) in [5, 5.41) is 0.647. The SMILES string of the molecule is O=C1/C(=C/c2ccc(-c3cccc(Cl)c3)o2)C=C(c2ccccc2)N1c1ccccc1. The topological polar surface area (TPSA) is 33.5 Å². The Bertz CT molecular complexity index is 1300. The number of hydrogen-bond acceptors (Lipinski definition) is 2. The minimum Gasteiger partial charge on any atom is -0.457 e. The first-order chi connectivity index (χ1) is 15.2. The van der Waals surface area contributed by atoms with Gasteiger partial charge in [-0.1, -0.05) is 72.3 Å². The number of halogens is 1. The molecule has 2 heterocycles. The van der Waals surface area contributed by atoms with Gasteiger partial charge < -0.3 is 4.42 Å². The van der Waals surface area contributed by atoms with Gasteiger partial charge in [0.15, 0.2) is 0 Å². The first-order valence-corrected chi connectivity index (χ1v) is 10.3. The second-order valence-electron chi connectivity index (χ2n) is 7.18. The van der Waals surface area contributed by atoms with Gasteiger partial charge in [0.25, 0.3) is 5.91 Å². The molecule has 0 unspecified atom stereocenters. The van der Waals surface area contributed by atoms with E-state index in [2.05, 4.69) is 0 Å². The number of amides is 1. The number of para-hydroxylation sites is 1. The molecule has 0 saturated carbocycles. The summed E-state index contributed by atoms with van der Waals surface area (Å²) in [6.07, 6.45) is 3.69. The highest BCUT2D eigenvalue weighted by molar-refractivity contribution is 6.30. The Morgan fingerprint density at radius 1 is 0.774 bits per heavy atom. The number of carbonyl (C=O) groups is 1. The fraction of sp³-hybridized carbons (Fsp3) is 0. The third-order valence-corrected chi connectivity index (χ3v) is 5.34. The van der Waals surface area contributed by atoms with Crippen LogP contribution in [0, 0.1) is 0 Å². The number of benzene rings is 3. The zero-order valence-corrected chi connectivity index (χ0v) is 17.3. The maximum Gasteiger partial charge on any atom is 0.263 e. The normalized spacial score (nSPS) is 14.9. The molecule has 1 aliphatic heterocycles. The minimum atomic E-state index is -0.0919. The first-order valence-electron chi connectivity index (χ1n) is 9.93. The molecule has 0 radical (unpaired) electrons. The highest BCUT2D eigenvalue weighted by atomic mass is 35.5. The maximum absolute atomic E-state index is 13.4. The standard InChI is InChI=1S/C27H18ClNO2/c28-22-11-7-10-20(16-22)26-15-14-24(31-26)17-21-18-25(19-8-3-1-4-9-19)29(27(21)30)23-12-5-2-6-13-23/h1-18H/b21-17+. The van der Waals surface area contributed by atoms with Gasteiger partial charge in [-0.05, 0) is 54.1 Å². The van der Waals surface area contributed by atoms with E-state index in [0.29, 0.717) is 22.1 Å². The lowest BCUT2D eigenvalue weighted by atomic mass is 10.1. The summed E-state index contributed by atoms with van der Waals surface area (Å²) >= 11 is 6.10. The van der Waals surface area contributed by atoms with E-state index in [1.807, 2.05) is 103 Å². The zero-order chi connectivity index (χ0) is 21.2. The zero-order valence-electron chi connectivity index (χ0n) is 16.5. The summed E-state index contributed by atoms with van der Waals surface area (Å²) in [6, 6.07) is 30.8. The lowest BCUT2D eigenvalue weighted by Crippen LogP contribution is -2.24. The molecular formula is C27H18ClNO2. The Hall–Kier alpha value is -3.82. The molecule has 31 heavy (non-hydrogen) atoms. The van der Waals surface area contributed by atoms with Crippen molar-refractivity contribution >= 4 is 35.0 Å². The van der Waals surface area contributed by atoms with Crippen LogP contribution in [-0.2, 0) is 4.79 Å². The third kappa shape index (κ3) is 3.83. The molecule has 0 atom stereocenters. The van der Waals surface area contributed by atoms with E-state index >= 15 is 0 Å². The van der Waals surface area contributed by atoms with Crippen molar-refractivity contribution in [1.82, 2.24) is 0 Å². The van der Waals surface area contributed by atoms with Crippen LogP contribution in [0.4, 0.5) is 5.69 Å². The summed E-state index contributed by atoms with van der Waals surface area (Å²) in [5.41, 5.74) is 4.09. The molecule has 0 N–H and O–H groups in total. The molecule has 1 aromatic heterocycles. The average molecular weight is 424 g/mol. The lowest BCUT2D eigenvalue weighted by Gasteiger charge is -2.20. The van der Waals surface area contributed by atoms with Gasteiger partial charge in [0.1, 0.15) is 11.5 Å². The van der Waals surface area contributed by atoms with E-state index in [0.717, 1.165) is 22.5 Å². The van der Waals surface area contributed by atoms with Crippen molar-refractivity contribution in [1.29, 1.82) is 0 Å². The molecule has 150 valence electrons. The lowest BCUT2D eigenvalue weighted by molar-refractivity contribution is -0.113. The van der Waals surface area contributed by atoms with E-state index in [9.17, 15) is 4.79 Å². The molecule has 4 aromatic rings. The molecule has 0 spiro atoms. The van der Waals surface area contributed by atoms with Crippen LogP contribution in [0.3, 0.4) is 0 Å². The molecule has 4 heteroatoms. The molecule has 1 amide bonds. The number of hydrogen-bond donors (Lipinski definition) is 0. The molecule has 3 aromatic carbocycles. The van der Waals surface area contributed by atoms with Crippen LogP contribution < -0.4 is 4.90 Å². The van der Waals surface area contributed by atoms with Crippen LogP contribution in [-0.4, -0.2) is 5.91 Å². The number of anilines is 1. The largest absolute Gasteiger partial charge is 0.457 e. The van der Waals surface area contributed by atoms with Crippen molar-refractivity contribution in [3.05, 3.63) is 125 Å². The fourth-order valence-corrected chi connectivity index (χ4v) is 3.84. The summed E-state index contributed by atoms with van der Waals surface area (Å²) in [4.78, 5) is 15.1. The van der Waals surface area contributed by atoms with Crippen LogP contribution in [0.5, 0.6) is 0 Å². The highest BCUT2D eigenvalue weighted by Crippen LogP contribution is 2.35. The molecule has 0 saturated heterocycles. The fourth-order valence-electron chi connectivity index (χ4n) is 3.65. The number of carbonyl (C=O) groups excluding carboxylic acids is 1. The van der Waals surface area contributed by atoms with Gasteiger partial charge in [-0.15, -0.1) is 0 Å². The number of rotatable bonds is 4. The predicted molar refractivity (Wildman–Crippen MR) is 125 cm³/mol. The molecule has 1 aliphatic rings. The van der Waals surface area contributed by atoms with Crippen LogP contribution in [0.15, 0.2) is 113 Å². The highest BCUT2D eigenvalue weighted by Gasteiger charge is 2.30.